The van der Waals surface area contributed by atoms with Gasteiger partial charge < -0.3 is 14.4 Å². The Bertz CT molecular complexity index is 1390. The molecule has 0 atom stereocenters. The lowest BCUT2D eigenvalue weighted by molar-refractivity contribution is 0.102. The number of nitrogens with one attached hydrogen (secondary N) is 1. The number of hydrogen-bond acceptors (Lipinski definition) is 11. The van der Waals surface area contributed by atoms with Crippen LogP contribution < -0.4 is 19.7 Å². The molecule has 0 radical (unpaired) electrons. The summed E-state index contributed by atoms with van der Waals surface area (Å²) in [5, 5.41) is 10.7. The molecule has 0 spiro atoms. The maximum Gasteiger partial charge on any atom is 0.265 e. The third-order valence-electron chi connectivity index (χ3n) is 4.36. The van der Waals surface area contributed by atoms with Gasteiger partial charge in [-0.1, -0.05) is 0 Å². The lowest BCUT2D eigenvalue weighted by atomic mass is 10.3. The lowest BCUT2D eigenvalue weighted by Gasteiger charge is -2.14. The van der Waals surface area contributed by atoms with Crippen LogP contribution in [0.5, 0.6) is 11.8 Å². The molecular formula is C20H18N10O3. The van der Waals surface area contributed by atoms with Crippen LogP contribution in [0.4, 0.5) is 11.6 Å². The highest BCUT2D eigenvalue weighted by Gasteiger charge is 2.16. The van der Waals surface area contributed by atoms with Crippen LogP contribution in [-0.4, -0.2) is 73.7 Å². The Balaban J connectivity index is 1.68. The number of anilines is 2. The van der Waals surface area contributed by atoms with Gasteiger partial charge in [-0.2, -0.15) is 0 Å². The van der Waals surface area contributed by atoms with Gasteiger partial charge in [0.15, 0.2) is 5.65 Å². The topological polar surface area (TPSA) is 145 Å². The minimum absolute atomic E-state index is 0.0535. The van der Waals surface area contributed by atoms with Crippen molar-refractivity contribution >= 4 is 23.2 Å². The Morgan fingerprint density at radius 1 is 1.06 bits per heavy atom. The Labute approximate surface area is 187 Å². The third-order valence-corrected chi connectivity index (χ3v) is 4.36. The molecule has 13 nitrogen and oxygen atoms in total. The molecule has 4 rings (SSSR count). The van der Waals surface area contributed by atoms with Crippen LogP contribution in [0.3, 0.4) is 0 Å². The molecule has 0 aliphatic heterocycles. The number of ether oxygens (including phenoxy) is 2. The molecule has 0 aliphatic carbocycles. The predicted molar refractivity (Wildman–Crippen MR) is 116 cm³/mol. The van der Waals surface area contributed by atoms with Gasteiger partial charge in [0.25, 0.3) is 5.91 Å². The van der Waals surface area contributed by atoms with Crippen molar-refractivity contribution in [3.8, 4) is 23.6 Å². The zero-order chi connectivity index (χ0) is 23.4. The fourth-order valence-electron chi connectivity index (χ4n) is 2.75. The second-order valence-electron chi connectivity index (χ2n) is 6.65. The Hall–Kier alpha value is -4.86. The largest absolute Gasteiger partial charge is 0.480 e. The van der Waals surface area contributed by atoms with Crippen molar-refractivity contribution in [2.45, 2.75) is 0 Å². The van der Waals surface area contributed by atoms with Gasteiger partial charge in [-0.25, -0.2) is 24.9 Å². The fraction of sp³-hybridized carbons (Fsp3) is 0.200. The molecule has 0 bridgehead atoms. The molecule has 4 aromatic heterocycles. The van der Waals surface area contributed by atoms with Gasteiger partial charge in [-0.05, 0) is 11.8 Å². The standard InChI is InChI=1S/C20H18N10O3/c1-29(2)14-8-23-20(26-18(31)12-7-21-11-24-19(12)33-4)25-13(14)5-6-15-27-28-16-9-22-17(32-3)10-30(15)16/h7-11H,1-4H3,(H,23,25,26,31). The van der Waals surface area contributed by atoms with Crippen molar-refractivity contribution in [3.63, 3.8) is 0 Å². The molecule has 4 aromatic rings. The number of fused-ring (bicyclic) bond motifs is 1. The van der Waals surface area contributed by atoms with E-state index in [1.165, 1.54) is 32.9 Å². The first-order valence-electron chi connectivity index (χ1n) is 9.46. The van der Waals surface area contributed by atoms with Crippen LogP contribution in [0.1, 0.15) is 21.9 Å². The highest BCUT2D eigenvalue weighted by Crippen LogP contribution is 2.18. The first-order chi connectivity index (χ1) is 16.0. The first-order valence-corrected chi connectivity index (χ1v) is 9.46. The highest BCUT2D eigenvalue weighted by molar-refractivity contribution is 6.04. The molecule has 1 N–H and O–H groups in total. The van der Waals surface area contributed by atoms with Crippen molar-refractivity contribution < 1.29 is 14.3 Å². The normalized spacial score (nSPS) is 10.3. The number of aromatic nitrogens is 8. The maximum atomic E-state index is 12.6. The summed E-state index contributed by atoms with van der Waals surface area (Å²) in [6.07, 6.45) is 7.34. The molecule has 166 valence electrons. The Morgan fingerprint density at radius 2 is 1.91 bits per heavy atom. The van der Waals surface area contributed by atoms with Gasteiger partial charge in [-0.15, -0.1) is 10.2 Å². The van der Waals surface area contributed by atoms with Crippen molar-refractivity contribution in [3.05, 3.63) is 48.2 Å². The van der Waals surface area contributed by atoms with Crippen LogP contribution >= 0.6 is 0 Å². The third kappa shape index (κ3) is 4.44. The molecule has 1 amide bonds. The molecule has 4 heterocycles. The van der Waals surface area contributed by atoms with Crippen molar-refractivity contribution in [1.29, 1.82) is 0 Å². The number of nitrogens with zero attached hydrogens (tertiary/aromatic N) is 9. The van der Waals surface area contributed by atoms with Crippen LogP contribution in [0.15, 0.2) is 31.1 Å². The van der Waals surface area contributed by atoms with E-state index in [0.717, 1.165) is 0 Å². The molecule has 33 heavy (non-hydrogen) atoms. The van der Waals surface area contributed by atoms with E-state index in [2.05, 4.69) is 52.3 Å². The quantitative estimate of drug-likeness (QED) is 0.426. The molecule has 0 aliphatic rings. The molecule has 13 heteroatoms. The van der Waals surface area contributed by atoms with E-state index in [-0.39, 0.29) is 17.4 Å². The zero-order valence-electron chi connectivity index (χ0n) is 18.1. The smallest absolute Gasteiger partial charge is 0.265 e. The van der Waals surface area contributed by atoms with E-state index >= 15 is 0 Å². The monoisotopic (exact) mass is 446 g/mol. The molecule has 0 saturated heterocycles. The highest BCUT2D eigenvalue weighted by atomic mass is 16.5. The zero-order valence-corrected chi connectivity index (χ0v) is 18.1. The average Bonchev–Trinajstić information content (AvgIpc) is 3.24. The Kier molecular flexibility index (Phi) is 5.90. The van der Waals surface area contributed by atoms with E-state index in [4.69, 9.17) is 9.47 Å². The van der Waals surface area contributed by atoms with Gasteiger partial charge in [-0.3, -0.25) is 14.5 Å². The molecule has 0 aromatic carbocycles. The van der Waals surface area contributed by atoms with Gasteiger partial charge in [0.1, 0.15) is 17.6 Å². The van der Waals surface area contributed by atoms with Gasteiger partial charge in [0.2, 0.25) is 23.5 Å². The predicted octanol–water partition coefficient (Wildman–Crippen LogP) is 0.440. The second-order valence-corrected chi connectivity index (χ2v) is 6.65. The molecule has 0 saturated carbocycles. The summed E-state index contributed by atoms with van der Waals surface area (Å²) in [5.74, 6) is 6.35. The van der Waals surface area contributed by atoms with Crippen molar-refractivity contribution in [2.24, 2.45) is 0 Å². The van der Waals surface area contributed by atoms with Crippen LogP contribution in [0.25, 0.3) is 5.65 Å². The number of hydrogen-bond donors (Lipinski definition) is 1. The average molecular weight is 446 g/mol. The van der Waals surface area contributed by atoms with E-state index in [1.54, 1.807) is 21.7 Å². The van der Waals surface area contributed by atoms with Crippen LogP contribution in [0, 0.1) is 11.8 Å². The number of amides is 1. The summed E-state index contributed by atoms with van der Waals surface area (Å²) in [6.45, 7) is 0. The first kappa shape index (κ1) is 21.4. The summed E-state index contributed by atoms with van der Waals surface area (Å²) in [4.78, 5) is 34.9. The van der Waals surface area contributed by atoms with Gasteiger partial charge in [0.05, 0.1) is 38.5 Å². The molecule has 0 fully saturated rings. The van der Waals surface area contributed by atoms with E-state index < -0.39 is 5.91 Å². The van der Waals surface area contributed by atoms with Crippen LogP contribution in [0.2, 0.25) is 0 Å². The summed E-state index contributed by atoms with van der Waals surface area (Å²) < 4.78 is 11.9. The number of carbonyl (C=O) groups is 1. The summed E-state index contributed by atoms with van der Waals surface area (Å²) >= 11 is 0. The number of rotatable bonds is 5. The van der Waals surface area contributed by atoms with E-state index in [9.17, 15) is 4.79 Å². The Morgan fingerprint density at radius 3 is 2.67 bits per heavy atom. The second kappa shape index (κ2) is 9.10. The number of carbonyl (C=O) groups excluding carboxylic acids is 1. The van der Waals surface area contributed by atoms with E-state index in [0.29, 0.717) is 28.7 Å². The molecule has 0 unspecified atom stereocenters. The van der Waals surface area contributed by atoms with Gasteiger partial charge in [0, 0.05) is 20.3 Å². The summed E-state index contributed by atoms with van der Waals surface area (Å²) in [6, 6.07) is 0. The molecular weight excluding hydrogens is 428 g/mol. The van der Waals surface area contributed by atoms with Crippen molar-refractivity contribution in [1.82, 2.24) is 39.5 Å². The minimum atomic E-state index is -0.521. The lowest BCUT2D eigenvalue weighted by Crippen LogP contribution is -2.18. The SMILES string of the molecule is COc1cn2c(C#Cc3nc(NC(=O)c4cncnc4OC)ncc3N(C)C)nnc2cn1. The fourth-order valence-corrected chi connectivity index (χ4v) is 2.75. The van der Waals surface area contributed by atoms with Gasteiger partial charge >= 0.3 is 0 Å². The maximum absolute atomic E-state index is 12.6. The van der Waals surface area contributed by atoms with Crippen LogP contribution in [-0.2, 0) is 0 Å². The summed E-state index contributed by atoms with van der Waals surface area (Å²) in [5.41, 5.74) is 1.68. The minimum Gasteiger partial charge on any atom is -0.480 e. The van der Waals surface area contributed by atoms with Crippen molar-refractivity contribution in [2.75, 3.05) is 38.5 Å². The summed E-state index contributed by atoms with van der Waals surface area (Å²) in [7, 11) is 6.59. The van der Waals surface area contributed by atoms with E-state index in [1.807, 2.05) is 14.1 Å². The number of methoxy groups -OCH3 is 2.